The van der Waals surface area contributed by atoms with Gasteiger partial charge in [0.2, 0.25) is 11.8 Å². The second-order valence-corrected chi connectivity index (χ2v) is 9.90. The molecule has 2 aromatic carbocycles. The normalized spacial score (nSPS) is 25.0. The minimum atomic E-state index is -0.393. The van der Waals surface area contributed by atoms with Gasteiger partial charge in [-0.05, 0) is 62.3 Å². The Labute approximate surface area is 201 Å². The van der Waals surface area contributed by atoms with Crippen molar-refractivity contribution >= 4 is 23.4 Å². The van der Waals surface area contributed by atoms with Crippen LogP contribution in [0, 0.1) is 11.8 Å². The number of nitrogens with zero attached hydrogens (tertiary/aromatic N) is 2. The highest BCUT2D eigenvalue weighted by atomic mass is 16.2. The fourth-order valence-corrected chi connectivity index (χ4v) is 6.04. The van der Waals surface area contributed by atoms with Crippen LogP contribution in [0.3, 0.4) is 0 Å². The molecule has 34 heavy (non-hydrogen) atoms. The largest absolute Gasteiger partial charge is 0.341 e. The van der Waals surface area contributed by atoms with Gasteiger partial charge in [0.1, 0.15) is 6.04 Å². The molecule has 0 bridgehead atoms. The molecule has 0 spiro atoms. The molecule has 0 radical (unpaired) electrons. The van der Waals surface area contributed by atoms with E-state index in [4.69, 9.17) is 0 Å². The zero-order valence-corrected chi connectivity index (χ0v) is 19.6. The standard InChI is InChI=1S/C28H33N3O3/c32-26(29-23-12-5-2-6-13-23)20-15-17-30(18-16-20)28(34)25-19-22-11-7-8-14-24(22)31(25)27(33)21-9-3-1-4-10-21/h1-6,9-10,12-13,20,22,24-25H,7-8,11,14-19H2,(H,29,32). The highest BCUT2D eigenvalue weighted by Gasteiger charge is 2.48. The van der Waals surface area contributed by atoms with E-state index in [-0.39, 0.29) is 29.7 Å². The van der Waals surface area contributed by atoms with Gasteiger partial charge in [-0.3, -0.25) is 14.4 Å². The maximum atomic E-state index is 13.7. The maximum Gasteiger partial charge on any atom is 0.254 e. The van der Waals surface area contributed by atoms with Gasteiger partial charge in [-0.25, -0.2) is 0 Å². The van der Waals surface area contributed by atoms with E-state index in [9.17, 15) is 14.4 Å². The van der Waals surface area contributed by atoms with Crippen LogP contribution < -0.4 is 5.32 Å². The summed E-state index contributed by atoms with van der Waals surface area (Å²) in [6.45, 7) is 1.12. The van der Waals surface area contributed by atoms with E-state index in [0.717, 1.165) is 31.4 Å². The van der Waals surface area contributed by atoms with E-state index in [1.165, 1.54) is 6.42 Å². The molecule has 3 aliphatic rings. The molecular formula is C28H33N3O3. The summed E-state index contributed by atoms with van der Waals surface area (Å²) in [6, 6.07) is 18.6. The predicted molar refractivity (Wildman–Crippen MR) is 131 cm³/mol. The van der Waals surface area contributed by atoms with Crippen molar-refractivity contribution in [3.63, 3.8) is 0 Å². The van der Waals surface area contributed by atoms with Gasteiger partial charge in [0, 0.05) is 36.3 Å². The third kappa shape index (κ3) is 4.59. The monoisotopic (exact) mass is 459 g/mol. The summed E-state index contributed by atoms with van der Waals surface area (Å²) in [5.74, 6) is 0.360. The number of nitrogens with one attached hydrogen (secondary N) is 1. The Balaban J connectivity index is 1.26. The van der Waals surface area contributed by atoms with Gasteiger partial charge in [-0.15, -0.1) is 0 Å². The topological polar surface area (TPSA) is 69.7 Å². The summed E-state index contributed by atoms with van der Waals surface area (Å²) in [6.07, 6.45) is 6.42. The first kappa shape index (κ1) is 22.6. The van der Waals surface area contributed by atoms with Crippen LogP contribution in [-0.4, -0.2) is 52.7 Å². The summed E-state index contributed by atoms with van der Waals surface area (Å²) >= 11 is 0. The molecule has 3 unspecified atom stereocenters. The smallest absolute Gasteiger partial charge is 0.254 e. The Bertz CT molecular complexity index is 1020. The summed E-state index contributed by atoms with van der Waals surface area (Å²) in [7, 11) is 0. The molecular weight excluding hydrogens is 426 g/mol. The number of benzene rings is 2. The Morgan fingerprint density at radius 2 is 1.44 bits per heavy atom. The number of piperidine rings is 1. The Morgan fingerprint density at radius 1 is 0.794 bits per heavy atom. The van der Waals surface area contributed by atoms with Gasteiger partial charge >= 0.3 is 0 Å². The Kier molecular flexibility index (Phi) is 6.66. The first-order valence-corrected chi connectivity index (χ1v) is 12.6. The summed E-state index contributed by atoms with van der Waals surface area (Å²) in [4.78, 5) is 43.7. The summed E-state index contributed by atoms with van der Waals surface area (Å²) in [5, 5.41) is 2.99. The van der Waals surface area contributed by atoms with Crippen LogP contribution in [0.25, 0.3) is 0 Å². The number of para-hydroxylation sites is 1. The van der Waals surface area contributed by atoms with Gasteiger partial charge in [-0.1, -0.05) is 49.2 Å². The van der Waals surface area contributed by atoms with Crippen molar-refractivity contribution in [2.45, 2.75) is 57.0 Å². The molecule has 2 heterocycles. The lowest BCUT2D eigenvalue weighted by Crippen LogP contribution is -2.52. The SMILES string of the molecule is O=C(Nc1ccccc1)C1CCN(C(=O)C2CC3CCCCC3N2C(=O)c2ccccc2)CC1. The molecule has 2 aliphatic heterocycles. The van der Waals surface area contributed by atoms with E-state index in [0.29, 0.717) is 37.4 Å². The fourth-order valence-electron chi connectivity index (χ4n) is 6.04. The Hall–Kier alpha value is -3.15. The van der Waals surface area contributed by atoms with Gasteiger partial charge in [0.05, 0.1) is 0 Å². The van der Waals surface area contributed by atoms with Crippen molar-refractivity contribution in [2.24, 2.45) is 11.8 Å². The molecule has 178 valence electrons. The summed E-state index contributed by atoms with van der Waals surface area (Å²) < 4.78 is 0. The maximum absolute atomic E-state index is 13.7. The number of rotatable bonds is 4. The van der Waals surface area contributed by atoms with Crippen LogP contribution in [0.5, 0.6) is 0 Å². The molecule has 2 aromatic rings. The quantitative estimate of drug-likeness (QED) is 0.740. The number of carbonyl (C=O) groups excluding carboxylic acids is 3. The lowest BCUT2D eigenvalue weighted by Gasteiger charge is -2.37. The van der Waals surface area contributed by atoms with Crippen molar-refractivity contribution in [3.05, 3.63) is 66.2 Å². The predicted octanol–water partition coefficient (Wildman–Crippen LogP) is 4.34. The average molecular weight is 460 g/mol. The van der Waals surface area contributed by atoms with Crippen molar-refractivity contribution in [1.29, 1.82) is 0 Å². The van der Waals surface area contributed by atoms with Crippen LogP contribution >= 0.6 is 0 Å². The van der Waals surface area contributed by atoms with E-state index < -0.39 is 6.04 Å². The van der Waals surface area contributed by atoms with E-state index in [1.807, 2.05) is 70.5 Å². The van der Waals surface area contributed by atoms with E-state index >= 15 is 0 Å². The number of anilines is 1. The molecule has 5 rings (SSSR count). The number of likely N-dealkylation sites (tertiary alicyclic amines) is 2. The average Bonchev–Trinajstić information content (AvgIpc) is 3.28. The second-order valence-electron chi connectivity index (χ2n) is 9.90. The molecule has 3 amide bonds. The first-order valence-electron chi connectivity index (χ1n) is 12.6. The number of hydrogen-bond donors (Lipinski definition) is 1. The molecule has 2 saturated heterocycles. The molecule has 3 atom stereocenters. The van der Waals surface area contributed by atoms with Crippen LogP contribution in [0.15, 0.2) is 60.7 Å². The first-order chi connectivity index (χ1) is 16.6. The minimum absolute atomic E-state index is 0.0195. The molecule has 1 N–H and O–H groups in total. The second kappa shape index (κ2) is 10.00. The zero-order chi connectivity index (χ0) is 23.5. The lowest BCUT2D eigenvalue weighted by atomic mass is 9.84. The van der Waals surface area contributed by atoms with Gasteiger partial charge in [0.25, 0.3) is 5.91 Å². The van der Waals surface area contributed by atoms with Crippen molar-refractivity contribution in [1.82, 2.24) is 9.80 Å². The number of amides is 3. The van der Waals surface area contributed by atoms with E-state index in [2.05, 4.69) is 5.32 Å². The number of fused-ring (bicyclic) bond motifs is 1. The van der Waals surface area contributed by atoms with Crippen molar-refractivity contribution in [2.75, 3.05) is 18.4 Å². The van der Waals surface area contributed by atoms with Gasteiger partial charge in [-0.2, -0.15) is 0 Å². The molecule has 6 heteroatoms. The van der Waals surface area contributed by atoms with Crippen LogP contribution in [-0.2, 0) is 9.59 Å². The van der Waals surface area contributed by atoms with Crippen molar-refractivity contribution < 1.29 is 14.4 Å². The van der Waals surface area contributed by atoms with Gasteiger partial charge < -0.3 is 15.1 Å². The van der Waals surface area contributed by atoms with Gasteiger partial charge in [0.15, 0.2) is 0 Å². The zero-order valence-electron chi connectivity index (χ0n) is 19.6. The molecule has 1 aliphatic carbocycles. The van der Waals surface area contributed by atoms with Crippen LogP contribution in [0.4, 0.5) is 5.69 Å². The third-order valence-electron chi connectivity index (χ3n) is 7.85. The Morgan fingerprint density at radius 3 is 2.15 bits per heavy atom. The molecule has 6 nitrogen and oxygen atoms in total. The molecule has 3 fully saturated rings. The van der Waals surface area contributed by atoms with Crippen LogP contribution in [0.2, 0.25) is 0 Å². The molecule has 1 saturated carbocycles. The minimum Gasteiger partial charge on any atom is -0.341 e. The highest BCUT2D eigenvalue weighted by Crippen LogP contribution is 2.41. The lowest BCUT2D eigenvalue weighted by molar-refractivity contribution is -0.138. The number of carbonyl (C=O) groups is 3. The number of hydrogen-bond acceptors (Lipinski definition) is 3. The fraction of sp³-hybridized carbons (Fsp3) is 0.464. The third-order valence-corrected chi connectivity index (χ3v) is 7.85. The van der Waals surface area contributed by atoms with Crippen LogP contribution in [0.1, 0.15) is 55.3 Å². The summed E-state index contributed by atoms with van der Waals surface area (Å²) in [5.41, 5.74) is 1.46. The molecule has 0 aromatic heterocycles. The van der Waals surface area contributed by atoms with Crippen molar-refractivity contribution in [3.8, 4) is 0 Å². The highest BCUT2D eigenvalue weighted by molar-refractivity contribution is 5.98. The van der Waals surface area contributed by atoms with E-state index in [1.54, 1.807) is 0 Å².